The van der Waals surface area contributed by atoms with E-state index in [0.717, 1.165) is 22.7 Å². The molecular formula is C48H46N2Si2. The number of nitrogens with zero attached hydrogens (tertiary/aromatic N) is 2. The largest absolute Gasteiger partial charge is 0.310 e. The summed E-state index contributed by atoms with van der Waals surface area (Å²) in [6.07, 6.45) is 0. The fourth-order valence-corrected chi connectivity index (χ4v) is 9.85. The molecule has 0 saturated heterocycles. The van der Waals surface area contributed by atoms with Crippen LogP contribution in [0.15, 0.2) is 170 Å². The molecule has 0 radical (unpaired) electrons. The van der Waals surface area contributed by atoms with Crippen molar-refractivity contribution in [2.24, 2.45) is 0 Å². The number of benzene rings is 8. The summed E-state index contributed by atoms with van der Waals surface area (Å²) in [7, 11) is -2.91. The number of hydrogen-bond acceptors (Lipinski definition) is 2. The minimum absolute atomic E-state index is 1.14. The maximum absolute atomic E-state index is 2.44. The smallest absolute Gasteiger partial charge is 0.0775 e. The molecule has 8 rings (SSSR count). The number of para-hydroxylation sites is 2. The summed E-state index contributed by atoms with van der Waals surface area (Å²) in [5.74, 6) is 0. The summed E-state index contributed by atoms with van der Waals surface area (Å²) in [5, 5.41) is 10.3. The minimum Gasteiger partial charge on any atom is -0.310 e. The van der Waals surface area contributed by atoms with Crippen LogP contribution in [-0.4, -0.2) is 16.1 Å². The van der Waals surface area contributed by atoms with Crippen LogP contribution in [0.5, 0.6) is 0 Å². The summed E-state index contributed by atoms with van der Waals surface area (Å²) in [6, 6.07) is 63.0. The van der Waals surface area contributed by atoms with Gasteiger partial charge in [0.05, 0.1) is 27.5 Å². The summed E-state index contributed by atoms with van der Waals surface area (Å²) in [6.45, 7) is 14.5. The van der Waals surface area contributed by atoms with E-state index in [9.17, 15) is 0 Å². The van der Waals surface area contributed by atoms with Gasteiger partial charge >= 0.3 is 0 Å². The topological polar surface area (TPSA) is 6.48 Å². The Balaban J connectivity index is 1.41. The van der Waals surface area contributed by atoms with Crippen LogP contribution in [0.3, 0.4) is 0 Å². The van der Waals surface area contributed by atoms with Gasteiger partial charge in [0.25, 0.3) is 0 Å². The first-order valence-corrected chi connectivity index (χ1v) is 25.4. The van der Waals surface area contributed by atoms with Crippen molar-refractivity contribution < 1.29 is 0 Å². The quantitative estimate of drug-likeness (QED) is 0.115. The van der Waals surface area contributed by atoms with Gasteiger partial charge in [0.15, 0.2) is 0 Å². The molecule has 0 fully saturated rings. The van der Waals surface area contributed by atoms with E-state index < -0.39 is 16.1 Å². The molecule has 0 atom stereocenters. The summed E-state index contributed by atoms with van der Waals surface area (Å²) >= 11 is 0. The maximum Gasteiger partial charge on any atom is 0.0775 e. The first-order chi connectivity index (χ1) is 25.1. The van der Waals surface area contributed by atoms with Crippen molar-refractivity contribution in [1.82, 2.24) is 0 Å². The van der Waals surface area contributed by atoms with Crippen LogP contribution in [-0.2, 0) is 0 Å². The predicted octanol–water partition coefficient (Wildman–Crippen LogP) is 13.2. The van der Waals surface area contributed by atoms with Gasteiger partial charge in [0, 0.05) is 33.5 Å². The standard InChI is InChI=1S/C48H46N2Si2/c1-51(2,3)39-29-25-37(26-30-39)49(35-17-9-7-10-18-35)47-33-45-42-22-14-16-24-44(42)48(34-46(45)41-21-13-15-23-43(41)47)50(36-19-11-8-12-20-36)38-27-31-40(32-28-38)52(4,5)6/h7-34H,1-6H3. The Morgan fingerprint density at radius 2 is 0.577 bits per heavy atom. The van der Waals surface area contributed by atoms with Gasteiger partial charge in [-0.15, -0.1) is 0 Å². The number of rotatable bonds is 8. The second kappa shape index (κ2) is 13.3. The van der Waals surface area contributed by atoms with Crippen molar-refractivity contribution >= 4 is 93.0 Å². The van der Waals surface area contributed by atoms with E-state index in [-0.39, 0.29) is 0 Å². The molecule has 0 heterocycles. The van der Waals surface area contributed by atoms with Gasteiger partial charge in [-0.3, -0.25) is 0 Å². The molecule has 0 unspecified atom stereocenters. The van der Waals surface area contributed by atoms with Gasteiger partial charge in [-0.1, -0.05) is 159 Å². The second-order valence-electron chi connectivity index (χ2n) is 15.9. The highest BCUT2D eigenvalue weighted by molar-refractivity contribution is 6.89. The van der Waals surface area contributed by atoms with E-state index in [4.69, 9.17) is 0 Å². The fraction of sp³-hybridized carbons (Fsp3) is 0.125. The van der Waals surface area contributed by atoms with E-state index in [0.29, 0.717) is 0 Å². The highest BCUT2D eigenvalue weighted by Crippen LogP contribution is 2.47. The molecule has 0 bridgehead atoms. The van der Waals surface area contributed by atoms with Crippen LogP contribution >= 0.6 is 0 Å². The lowest BCUT2D eigenvalue weighted by Gasteiger charge is -2.30. The van der Waals surface area contributed by atoms with Gasteiger partial charge < -0.3 is 9.80 Å². The van der Waals surface area contributed by atoms with E-state index in [1.807, 2.05) is 0 Å². The first kappa shape index (κ1) is 33.7. The van der Waals surface area contributed by atoms with E-state index >= 15 is 0 Å². The van der Waals surface area contributed by atoms with Crippen molar-refractivity contribution in [3.8, 4) is 0 Å². The molecule has 8 aromatic carbocycles. The first-order valence-electron chi connectivity index (χ1n) is 18.4. The van der Waals surface area contributed by atoms with Gasteiger partial charge in [0.1, 0.15) is 0 Å². The van der Waals surface area contributed by atoms with Crippen LogP contribution < -0.4 is 20.2 Å². The zero-order valence-electron chi connectivity index (χ0n) is 31.1. The Bertz CT molecular complexity index is 2330. The summed E-state index contributed by atoms with van der Waals surface area (Å²) < 4.78 is 0. The Morgan fingerprint density at radius 3 is 0.904 bits per heavy atom. The van der Waals surface area contributed by atoms with Crippen molar-refractivity contribution in [3.05, 3.63) is 170 Å². The third kappa shape index (κ3) is 6.23. The molecule has 4 heteroatoms. The molecule has 0 aliphatic heterocycles. The van der Waals surface area contributed by atoms with Crippen LogP contribution in [0.4, 0.5) is 34.1 Å². The Labute approximate surface area is 310 Å². The second-order valence-corrected chi connectivity index (χ2v) is 26.1. The highest BCUT2D eigenvalue weighted by Gasteiger charge is 2.23. The lowest BCUT2D eigenvalue weighted by Crippen LogP contribution is -2.37. The molecule has 2 nitrogen and oxygen atoms in total. The summed E-state index contributed by atoms with van der Waals surface area (Å²) in [4.78, 5) is 4.88. The Hall–Kier alpha value is -5.43. The minimum atomic E-state index is -1.46. The third-order valence-electron chi connectivity index (χ3n) is 10.3. The lowest BCUT2D eigenvalue weighted by atomic mass is 9.93. The average Bonchev–Trinajstić information content (AvgIpc) is 3.16. The maximum atomic E-state index is 2.44. The van der Waals surface area contributed by atoms with E-state index in [1.54, 1.807) is 0 Å². The van der Waals surface area contributed by atoms with Crippen LogP contribution in [0.2, 0.25) is 39.3 Å². The average molecular weight is 707 g/mol. The summed E-state index contributed by atoms with van der Waals surface area (Å²) in [5.41, 5.74) is 6.97. The van der Waals surface area contributed by atoms with Crippen molar-refractivity contribution in [2.75, 3.05) is 9.80 Å². The van der Waals surface area contributed by atoms with Crippen LogP contribution in [0.25, 0.3) is 32.3 Å². The molecule has 0 aliphatic carbocycles. The SMILES string of the molecule is C[Si](C)(C)c1ccc(N(c2ccccc2)c2cc3c4ccccc4c(N(c4ccccc4)c4ccc([Si](C)(C)C)cc4)cc3c3ccccc23)cc1. The van der Waals surface area contributed by atoms with Crippen molar-refractivity contribution in [2.45, 2.75) is 39.3 Å². The normalized spacial score (nSPS) is 12.0. The van der Waals surface area contributed by atoms with Crippen LogP contribution in [0.1, 0.15) is 0 Å². The highest BCUT2D eigenvalue weighted by atomic mass is 28.3. The zero-order chi connectivity index (χ0) is 36.0. The fourth-order valence-electron chi connectivity index (χ4n) is 7.51. The van der Waals surface area contributed by atoms with E-state index in [1.165, 1.54) is 54.1 Å². The van der Waals surface area contributed by atoms with E-state index in [2.05, 4.69) is 219 Å². The number of anilines is 6. The van der Waals surface area contributed by atoms with Gasteiger partial charge in [-0.25, -0.2) is 0 Å². The molecule has 0 saturated carbocycles. The molecular weight excluding hydrogens is 661 g/mol. The third-order valence-corrected chi connectivity index (χ3v) is 14.5. The van der Waals surface area contributed by atoms with Gasteiger partial charge in [0.2, 0.25) is 0 Å². The van der Waals surface area contributed by atoms with Crippen LogP contribution in [0, 0.1) is 0 Å². The van der Waals surface area contributed by atoms with Gasteiger partial charge in [-0.2, -0.15) is 0 Å². The molecule has 0 amide bonds. The number of hydrogen-bond donors (Lipinski definition) is 0. The predicted molar refractivity (Wildman–Crippen MR) is 234 cm³/mol. The Kier molecular flexibility index (Phi) is 8.61. The molecule has 256 valence electrons. The lowest BCUT2D eigenvalue weighted by molar-refractivity contribution is 1.30. The van der Waals surface area contributed by atoms with Crippen molar-refractivity contribution in [3.63, 3.8) is 0 Å². The molecule has 52 heavy (non-hydrogen) atoms. The molecule has 0 spiro atoms. The molecule has 0 N–H and O–H groups in total. The van der Waals surface area contributed by atoms with Gasteiger partial charge in [-0.05, 0) is 82.2 Å². The monoisotopic (exact) mass is 706 g/mol. The zero-order valence-corrected chi connectivity index (χ0v) is 33.1. The Morgan fingerprint density at radius 1 is 0.288 bits per heavy atom. The van der Waals surface area contributed by atoms with Crippen molar-refractivity contribution in [1.29, 1.82) is 0 Å². The molecule has 8 aromatic rings. The molecule has 0 aromatic heterocycles. The number of fused-ring (bicyclic) bond motifs is 5. The molecule has 0 aliphatic rings.